The van der Waals surface area contributed by atoms with Crippen molar-refractivity contribution < 1.29 is 4.79 Å². The van der Waals surface area contributed by atoms with E-state index in [0.29, 0.717) is 28.9 Å². The number of thiazole rings is 1. The summed E-state index contributed by atoms with van der Waals surface area (Å²) < 4.78 is 0. The highest BCUT2D eigenvalue weighted by Gasteiger charge is 2.33. The van der Waals surface area contributed by atoms with Crippen LogP contribution < -0.4 is 5.73 Å². The molecule has 0 aromatic carbocycles. The van der Waals surface area contributed by atoms with Crippen LogP contribution in [-0.4, -0.2) is 33.4 Å². The van der Waals surface area contributed by atoms with E-state index in [1.165, 1.54) is 11.3 Å². The van der Waals surface area contributed by atoms with E-state index in [1.807, 2.05) is 4.90 Å². The molecule has 1 aromatic rings. The molecule has 0 spiro atoms. The zero-order valence-corrected chi connectivity index (χ0v) is 10.4. The number of rotatable bonds is 5. The van der Waals surface area contributed by atoms with Gasteiger partial charge in [-0.25, -0.2) is 0 Å². The highest BCUT2D eigenvalue weighted by atomic mass is 32.1. The summed E-state index contributed by atoms with van der Waals surface area (Å²) in [5, 5.41) is 0. The number of carbonyl (C=O) groups is 1. The molecule has 0 atom stereocenters. The van der Waals surface area contributed by atoms with Crippen molar-refractivity contribution >= 4 is 34.5 Å². The molecule has 0 unspecified atom stereocenters. The van der Waals surface area contributed by atoms with Gasteiger partial charge in [-0.15, -0.1) is 11.3 Å². The fourth-order valence-electron chi connectivity index (χ4n) is 1.53. The van der Waals surface area contributed by atoms with Gasteiger partial charge in [0, 0.05) is 19.0 Å². The van der Waals surface area contributed by atoms with Gasteiger partial charge in [0.25, 0.3) is 5.91 Å². The third kappa shape index (κ3) is 2.76. The fraction of sp³-hybridized carbons (Fsp3) is 0.500. The van der Waals surface area contributed by atoms with E-state index in [9.17, 15) is 4.79 Å². The van der Waals surface area contributed by atoms with Crippen molar-refractivity contribution in [3.05, 3.63) is 16.6 Å². The molecule has 0 bridgehead atoms. The molecule has 1 aliphatic rings. The Morgan fingerprint density at radius 2 is 2.44 bits per heavy atom. The maximum absolute atomic E-state index is 12.1. The Balaban J connectivity index is 2.01. The standard InChI is InChI=1S/C10H13N3OS2/c11-9(15)3-4-13(7-1-2-7)10(14)8-5-12-6-16-8/h5-7H,1-4H2,(H2,11,15). The number of nitrogens with zero attached hydrogens (tertiary/aromatic N) is 2. The van der Waals surface area contributed by atoms with Gasteiger partial charge in [-0.3, -0.25) is 9.78 Å². The lowest BCUT2D eigenvalue weighted by Gasteiger charge is -2.21. The van der Waals surface area contributed by atoms with Gasteiger partial charge >= 0.3 is 0 Å². The summed E-state index contributed by atoms with van der Waals surface area (Å²) in [6.45, 7) is 0.622. The molecule has 1 heterocycles. The van der Waals surface area contributed by atoms with Crippen molar-refractivity contribution in [3.8, 4) is 0 Å². The topological polar surface area (TPSA) is 59.2 Å². The van der Waals surface area contributed by atoms with Crippen molar-refractivity contribution in [2.45, 2.75) is 25.3 Å². The lowest BCUT2D eigenvalue weighted by Crippen LogP contribution is -2.35. The molecule has 2 rings (SSSR count). The number of hydrogen-bond donors (Lipinski definition) is 1. The predicted octanol–water partition coefficient (Wildman–Crippen LogP) is 1.42. The van der Waals surface area contributed by atoms with Gasteiger partial charge in [-0.05, 0) is 12.8 Å². The van der Waals surface area contributed by atoms with Crippen LogP contribution in [-0.2, 0) is 0 Å². The molecule has 1 saturated carbocycles. The number of nitrogens with two attached hydrogens (primary N) is 1. The van der Waals surface area contributed by atoms with Gasteiger partial charge in [0.05, 0.1) is 16.7 Å². The second kappa shape index (κ2) is 4.88. The Hall–Kier alpha value is -1.01. The number of carbonyl (C=O) groups excluding carboxylic acids is 1. The molecule has 4 nitrogen and oxygen atoms in total. The minimum atomic E-state index is 0.0567. The fourth-order valence-corrected chi connectivity index (χ4v) is 2.20. The van der Waals surface area contributed by atoms with Crippen LogP contribution in [0.1, 0.15) is 28.9 Å². The molecule has 1 amide bonds. The second-order valence-corrected chi connectivity index (χ2v) is 5.22. The molecule has 1 aromatic heterocycles. The summed E-state index contributed by atoms with van der Waals surface area (Å²) in [6, 6.07) is 0.379. The quantitative estimate of drug-likeness (QED) is 0.809. The van der Waals surface area contributed by atoms with E-state index in [2.05, 4.69) is 4.98 Å². The molecular formula is C10H13N3OS2. The van der Waals surface area contributed by atoms with E-state index in [1.54, 1.807) is 11.7 Å². The first-order valence-corrected chi connectivity index (χ1v) is 6.45. The molecular weight excluding hydrogens is 242 g/mol. The lowest BCUT2D eigenvalue weighted by atomic mass is 10.3. The smallest absolute Gasteiger partial charge is 0.265 e. The maximum atomic E-state index is 12.1. The van der Waals surface area contributed by atoms with E-state index in [0.717, 1.165) is 12.8 Å². The van der Waals surface area contributed by atoms with Crippen molar-refractivity contribution in [1.82, 2.24) is 9.88 Å². The van der Waals surface area contributed by atoms with Crippen LogP contribution >= 0.6 is 23.6 Å². The Morgan fingerprint density at radius 1 is 1.69 bits per heavy atom. The lowest BCUT2D eigenvalue weighted by molar-refractivity contribution is 0.0752. The average Bonchev–Trinajstić information content (AvgIpc) is 2.93. The third-order valence-corrected chi connectivity index (χ3v) is 3.46. The minimum absolute atomic E-state index is 0.0567. The monoisotopic (exact) mass is 255 g/mol. The Labute approximate surface area is 103 Å². The van der Waals surface area contributed by atoms with E-state index in [-0.39, 0.29) is 5.91 Å². The van der Waals surface area contributed by atoms with Crippen molar-refractivity contribution in [3.63, 3.8) is 0 Å². The van der Waals surface area contributed by atoms with Crippen LogP contribution in [0.25, 0.3) is 0 Å². The Bertz CT molecular complexity index is 387. The minimum Gasteiger partial charge on any atom is -0.393 e. The number of hydrogen-bond acceptors (Lipinski definition) is 4. The van der Waals surface area contributed by atoms with E-state index < -0.39 is 0 Å². The zero-order valence-electron chi connectivity index (χ0n) is 8.76. The van der Waals surface area contributed by atoms with Gasteiger partial charge in [0.2, 0.25) is 0 Å². The number of aromatic nitrogens is 1. The van der Waals surface area contributed by atoms with Crippen LogP contribution in [0, 0.1) is 0 Å². The highest BCUT2D eigenvalue weighted by Crippen LogP contribution is 2.28. The van der Waals surface area contributed by atoms with E-state index in [4.69, 9.17) is 18.0 Å². The SMILES string of the molecule is NC(=S)CCN(C(=O)c1cncs1)C1CC1. The third-order valence-electron chi connectivity index (χ3n) is 2.49. The van der Waals surface area contributed by atoms with Crippen LogP contribution in [0.2, 0.25) is 0 Å². The van der Waals surface area contributed by atoms with Crippen molar-refractivity contribution in [2.24, 2.45) is 5.73 Å². The predicted molar refractivity (Wildman–Crippen MR) is 67.6 cm³/mol. The largest absolute Gasteiger partial charge is 0.393 e. The second-order valence-electron chi connectivity index (χ2n) is 3.81. The van der Waals surface area contributed by atoms with Crippen molar-refractivity contribution in [1.29, 1.82) is 0 Å². The first-order valence-electron chi connectivity index (χ1n) is 5.16. The van der Waals surface area contributed by atoms with Crippen LogP contribution in [0.5, 0.6) is 0 Å². The van der Waals surface area contributed by atoms with Crippen LogP contribution in [0.15, 0.2) is 11.7 Å². The van der Waals surface area contributed by atoms with Crippen molar-refractivity contribution in [2.75, 3.05) is 6.54 Å². The molecule has 0 radical (unpaired) electrons. The van der Waals surface area contributed by atoms with Gasteiger partial charge in [-0.2, -0.15) is 0 Å². The van der Waals surface area contributed by atoms with Gasteiger partial charge in [0.1, 0.15) is 4.88 Å². The number of thiocarbonyl (C=S) groups is 1. The zero-order chi connectivity index (χ0) is 11.5. The Kier molecular flexibility index (Phi) is 3.50. The molecule has 0 saturated heterocycles. The van der Waals surface area contributed by atoms with Crippen LogP contribution in [0.4, 0.5) is 0 Å². The molecule has 1 aliphatic carbocycles. The van der Waals surface area contributed by atoms with Gasteiger partial charge < -0.3 is 10.6 Å². The molecule has 86 valence electrons. The average molecular weight is 255 g/mol. The first-order chi connectivity index (χ1) is 7.68. The summed E-state index contributed by atoms with van der Waals surface area (Å²) in [4.78, 5) is 19.1. The summed E-state index contributed by atoms with van der Waals surface area (Å²) in [6.07, 6.45) is 4.38. The summed E-state index contributed by atoms with van der Waals surface area (Å²) in [7, 11) is 0. The van der Waals surface area contributed by atoms with Gasteiger partial charge in [-0.1, -0.05) is 12.2 Å². The molecule has 6 heteroatoms. The molecule has 1 fully saturated rings. The highest BCUT2D eigenvalue weighted by molar-refractivity contribution is 7.80. The Morgan fingerprint density at radius 3 is 2.94 bits per heavy atom. The molecule has 0 aliphatic heterocycles. The summed E-state index contributed by atoms with van der Waals surface area (Å²) >= 11 is 6.21. The molecule has 16 heavy (non-hydrogen) atoms. The summed E-state index contributed by atoms with van der Waals surface area (Å²) in [5.74, 6) is 0.0567. The normalized spacial score (nSPS) is 14.8. The van der Waals surface area contributed by atoms with Crippen LogP contribution in [0.3, 0.4) is 0 Å². The van der Waals surface area contributed by atoms with E-state index >= 15 is 0 Å². The first kappa shape index (κ1) is 11.5. The number of amides is 1. The summed E-state index contributed by atoms with van der Waals surface area (Å²) in [5.41, 5.74) is 7.14. The maximum Gasteiger partial charge on any atom is 0.265 e. The molecule has 2 N–H and O–H groups in total. The van der Waals surface area contributed by atoms with Gasteiger partial charge in [0.15, 0.2) is 0 Å².